The molecule has 16 nitrogen and oxygen atoms in total. The highest BCUT2D eigenvalue weighted by Gasteiger charge is 2.17. The van der Waals surface area contributed by atoms with Crippen molar-refractivity contribution in [2.24, 2.45) is 0 Å². The lowest BCUT2D eigenvalue weighted by atomic mass is 10.1. The van der Waals surface area contributed by atoms with E-state index in [1.807, 2.05) is 48.5 Å². The van der Waals surface area contributed by atoms with Crippen LogP contribution in [0, 0.1) is 0 Å². The SMILES string of the molecule is c1ccc2c(c1)-c1nnn(n1)CCCCCCCCn1nnc(n1)-c1ccccc1-c1nnn(n1)CCCCCCCCn1nnc-2n1. The lowest BCUT2D eigenvalue weighted by molar-refractivity contribution is 0.455. The number of aryl methyl sites for hydroxylation is 4. The summed E-state index contributed by atoms with van der Waals surface area (Å²) in [7, 11) is 0. The van der Waals surface area contributed by atoms with Gasteiger partial charge in [0.15, 0.2) is 0 Å². The van der Waals surface area contributed by atoms with Crippen LogP contribution in [0.3, 0.4) is 0 Å². The van der Waals surface area contributed by atoms with Gasteiger partial charge in [-0.25, -0.2) is 0 Å². The Bertz CT molecular complexity index is 1610. The Kier molecular flexibility index (Phi) is 10.1. The van der Waals surface area contributed by atoms with E-state index in [1.165, 1.54) is 0 Å². The predicted molar refractivity (Wildman–Crippen MR) is 176 cm³/mol. The molecule has 0 amide bonds. The number of nitrogens with zero attached hydrogens (tertiary/aromatic N) is 16. The minimum atomic E-state index is 0.571. The second-order valence-corrected chi connectivity index (χ2v) is 12.2. The van der Waals surface area contributed by atoms with Crippen molar-refractivity contribution in [2.45, 2.75) is 103 Å². The Balaban J connectivity index is 1.01. The van der Waals surface area contributed by atoms with E-state index in [4.69, 9.17) is 0 Å². The van der Waals surface area contributed by atoms with Crippen molar-refractivity contribution in [3.63, 3.8) is 0 Å². The minimum Gasteiger partial charge on any atom is -0.164 e. The zero-order valence-electron chi connectivity index (χ0n) is 27.1. The summed E-state index contributed by atoms with van der Waals surface area (Å²) < 4.78 is 0. The number of aromatic nitrogens is 16. The molecule has 48 heavy (non-hydrogen) atoms. The van der Waals surface area contributed by atoms with Crippen molar-refractivity contribution in [3.8, 4) is 45.6 Å². The van der Waals surface area contributed by atoms with Crippen LogP contribution in [0.1, 0.15) is 77.0 Å². The first-order valence-electron chi connectivity index (χ1n) is 17.1. The van der Waals surface area contributed by atoms with E-state index in [0.717, 1.165) is 125 Å². The molecule has 2 aromatic carbocycles. The van der Waals surface area contributed by atoms with Crippen LogP contribution < -0.4 is 0 Å². The average molecular weight is 649 g/mol. The summed E-state index contributed by atoms with van der Waals surface area (Å²) in [6, 6.07) is 15.8. The van der Waals surface area contributed by atoms with Crippen LogP contribution in [0.15, 0.2) is 48.5 Å². The van der Waals surface area contributed by atoms with Crippen LogP contribution in [-0.2, 0) is 26.2 Å². The van der Waals surface area contributed by atoms with Gasteiger partial charge in [0.05, 0.1) is 26.2 Å². The van der Waals surface area contributed by atoms with Crippen molar-refractivity contribution in [3.05, 3.63) is 48.5 Å². The largest absolute Gasteiger partial charge is 0.205 e. The number of rotatable bonds is 0. The van der Waals surface area contributed by atoms with Gasteiger partial charge >= 0.3 is 0 Å². The van der Waals surface area contributed by atoms with Crippen LogP contribution in [0.5, 0.6) is 0 Å². The molecule has 0 aliphatic carbocycles. The quantitative estimate of drug-likeness (QED) is 0.222. The zero-order chi connectivity index (χ0) is 32.4. The number of hydrogen-bond donors (Lipinski definition) is 0. The van der Waals surface area contributed by atoms with Crippen molar-refractivity contribution in [1.82, 2.24) is 80.8 Å². The van der Waals surface area contributed by atoms with E-state index in [1.54, 1.807) is 19.2 Å². The molecule has 0 fully saturated rings. The molecule has 0 N–H and O–H groups in total. The molecule has 0 radical (unpaired) electrons. The third-order valence-electron chi connectivity index (χ3n) is 8.56. The molecule has 1 aliphatic rings. The molecule has 4 aromatic heterocycles. The van der Waals surface area contributed by atoms with Crippen LogP contribution in [-0.4, -0.2) is 80.8 Å². The molecular weight excluding hydrogens is 608 g/mol. The highest BCUT2D eigenvalue weighted by molar-refractivity contribution is 5.77. The van der Waals surface area contributed by atoms with E-state index in [0.29, 0.717) is 23.3 Å². The van der Waals surface area contributed by atoms with Gasteiger partial charge in [-0.2, -0.15) is 19.2 Å². The maximum Gasteiger partial charge on any atom is 0.205 e. The van der Waals surface area contributed by atoms with Crippen molar-refractivity contribution < 1.29 is 0 Å². The summed E-state index contributed by atoms with van der Waals surface area (Å²) in [4.78, 5) is 6.74. The van der Waals surface area contributed by atoms with E-state index < -0.39 is 0 Å². The molecule has 1 aliphatic heterocycles. The van der Waals surface area contributed by atoms with Gasteiger partial charge in [0.1, 0.15) is 0 Å². The lowest BCUT2D eigenvalue weighted by Crippen LogP contribution is -2.04. The van der Waals surface area contributed by atoms with Gasteiger partial charge in [-0.1, -0.05) is 99.9 Å². The molecule has 6 aromatic rings. The number of hydrogen-bond acceptors (Lipinski definition) is 12. The summed E-state index contributed by atoms with van der Waals surface area (Å²) in [5.74, 6) is 2.28. The van der Waals surface area contributed by atoms with Gasteiger partial charge in [0.2, 0.25) is 23.3 Å². The highest BCUT2D eigenvalue weighted by atomic mass is 15.6. The van der Waals surface area contributed by atoms with Crippen LogP contribution in [0.4, 0.5) is 0 Å². The summed E-state index contributed by atoms with van der Waals surface area (Å²) in [5.41, 5.74) is 3.41. The second kappa shape index (κ2) is 15.5. The summed E-state index contributed by atoms with van der Waals surface area (Å²) in [6.07, 6.45) is 12.9. The van der Waals surface area contributed by atoms with Crippen molar-refractivity contribution in [1.29, 1.82) is 0 Å². The van der Waals surface area contributed by atoms with Crippen LogP contribution >= 0.6 is 0 Å². The maximum atomic E-state index is 4.67. The Labute approximate surface area is 277 Å². The van der Waals surface area contributed by atoms with Gasteiger partial charge in [0.25, 0.3) is 0 Å². The zero-order valence-corrected chi connectivity index (χ0v) is 27.1. The van der Waals surface area contributed by atoms with Gasteiger partial charge in [-0.15, -0.1) is 40.8 Å². The lowest BCUT2D eigenvalue weighted by Gasteiger charge is -2.03. The number of fused-ring (bicyclic) bond motifs is 14. The molecule has 5 heterocycles. The maximum absolute atomic E-state index is 4.67. The predicted octanol–water partition coefficient (Wildman–Crippen LogP) is 4.70. The second-order valence-electron chi connectivity index (χ2n) is 12.2. The average Bonchev–Trinajstić information content (AvgIpc) is 3.95. The first kappa shape index (κ1) is 31.3. The molecule has 16 heteroatoms. The highest BCUT2D eigenvalue weighted by Crippen LogP contribution is 2.28. The topological polar surface area (TPSA) is 174 Å². The molecule has 0 spiro atoms. The van der Waals surface area contributed by atoms with Crippen molar-refractivity contribution in [2.75, 3.05) is 0 Å². The van der Waals surface area contributed by atoms with Crippen molar-refractivity contribution >= 4 is 0 Å². The van der Waals surface area contributed by atoms with Gasteiger partial charge in [-0.3, -0.25) is 0 Å². The fourth-order valence-electron chi connectivity index (χ4n) is 5.96. The standard InChI is InChI=1S/C32H40N16/c1-2-6-14-22-46-38-30(34-42-46)27-19-11-12-20-28(27)32-36-44-48(40-32)24-16-8-4-3-7-15-23-47-39-31(35-43-47)26-18-10-9-17-25(26)29-33-41-45(37-29)21-13-5-1/h9-12,17-20H,1-8,13-16,21-24H2. The van der Waals surface area contributed by atoms with E-state index >= 15 is 0 Å². The minimum absolute atomic E-state index is 0.571. The molecule has 7 rings (SSSR count). The molecule has 248 valence electrons. The number of benzene rings is 2. The van der Waals surface area contributed by atoms with E-state index in [9.17, 15) is 0 Å². The Morgan fingerprint density at radius 1 is 0.312 bits per heavy atom. The first-order valence-corrected chi connectivity index (χ1v) is 17.1. The Morgan fingerprint density at radius 3 is 0.792 bits per heavy atom. The van der Waals surface area contributed by atoms with Gasteiger partial charge in [0, 0.05) is 22.3 Å². The number of tetrazole rings is 4. The molecule has 0 atom stereocenters. The smallest absolute Gasteiger partial charge is 0.164 e. The third kappa shape index (κ3) is 7.81. The summed E-state index contributed by atoms with van der Waals surface area (Å²) in [5, 5.41) is 53.3. The first-order chi connectivity index (χ1) is 23.8. The Morgan fingerprint density at radius 2 is 0.542 bits per heavy atom. The summed E-state index contributed by atoms with van der Waals surface area (Å²) >= 11 is 0. The Hall–Kier alpha value is -5.28. The third-order valence-corrected chi connectivity index (χ3v) is 8.56. The molecule has 8 bridgehead atoms. The monoisotopic (exact) mass is 648 g/mol. The van der Waals surface area contributed by atoms with E-state index in [2.05, 4.69) is 61.6 Å². The molecule has 0 unspecified atom stereocenters. The van der Waals surface area contributed by atoms with Gasteiger partial charge < -0.3 is 0 Å². The fraction of sp³-hybridized carbons (Fsp3) is 0.500. The van der Waals surface area contributed by atoms with Crippen LogP contribution in [0.2, 0.25) is 0 Å². The fourth-order valence-corrected chi connectivity index (χ4v) is 5.96. The van der Waals surface area contributed by atoms with E-state index in [-0.39, 0.29) is 0 Å². The molecular formula is C32H40N16. The van der Waals surface area contributed by atoms with Gasteiger partial charge in [-0.05, 0) is 46.5 Å². The molecule has 0 saturated carbocycles. The summed E-state index contributed by atoms with van der Waals surface area (Å²) in [6.45, 7) is 2.90. The van der Waals surface area contributed by atoms with Crippen LogP contribution in [0.25, 0.3) is 45.6 Å². The normalized spacial score (nSPS) is 15.8. The molecule has 0 saturated heterocycles.